The molecule has 1 atom stereocenters. The van der Waals surface area contributed by atoms with Crippen LogP contribution < -0.4 is 11.1 Å². The molecule has 1 aromatic heterocycles. The first-order valence-electron chi connectivity index (χ1n) is 6.26. The van der Waals surface area contributed by atoms with Gasteiger partial charge in [-0.05, 0) is 26.3 Å². The van der Waals surface area contributed by atoms with E-state index in [9.17, 15) is 0 Å². The summed E-state index contributed by atoms with van der Waals surface area (Å²) >= 11 is 1.49. The van der Waals surface area contributed by atoms with Gasteiger partial charge in [-0.3, -0.25) is 0 Å². The minimum atomic E-state index is 0.328. The van der Waals surface area contributed by atoms with Crippen molar-refractivity contribution < 1.29 is 0 Å². The van der Waals surface area contributed by atoms with Crippen LogP contribution in [0.25, 0.3) is 0 Å². The lowest BCUT2D eigenvalue weighted by molar-refractivity contribution is 0.294. The van der Waals surface area contributed by atoms with Crippen LogP contribution in [0, 0.1) is 0 Å². The number of thioether (sulfide) groups is 1. The molecular formula is C12H23N5S. The zero-order chi connectivity index (χ0) is 13.5. The van der Waals surface area contributed by atoms with E-state index < -0.39 is 0 Å². The van der Waals surface area contributed by atoms with Gasteiger partial charge in [-0.2, -0.15) is 0 Å². The summed E-state index contributed by atoms with van der Waals surface area (Å²) in [6, 6.07) is 2.10. The van der Waals surface area contributed by atoms with E-state index in [-0.39, 0.29) is 0 Å². The lowest BCUT2D eigenvalue weighted by Crippen LogP contribution is -2.35. The van der Waals surface area contributed by atoms with Gasteiger partial charge >= 0.3 is 0 Å². The third-order valence-corrected chi connectivity index (χ3v) is 3.28. The van der Waals surface area contributed by atoms with Crippen molar-refractivity contribution in [2.24, 2.45) is 0 Å². The van der Waals surface area contributed by atoms with Crippen LogP contribution in [0.2, 0.25) is 0 Å². The molecule has 0 saturated carbocycles. The number of hydrogen-bond acceptors (Lipinski definition) is 6. The van der Waals surface area contributed by atoms with E-state index in [1.165, 1.54) is 11.8 Å². The molecule has 1 aromatic rings. The first kappa shape index (κ1) is 15.0. The number of nitrogens with two attached hydrogens (primary N) is 1. The summed E-state index contributed by atoms with van der Waals surface area (Å²) in [6.07, 6.45) is 1.94. The molecule has 1 heterocycles. The second kappa shape index (κ2) is 7.43. The predicted octanol–water partition coefficient (Wildman–Crippen LogP) is 1.92. The molecule has 0 aliphatic rings. The number of nitrogens with one attached hydrogen (secondary N) is 1. The van der Waals surface area contributed by atoms with Crippen LogP contribution in [0.5, 0.6) is 0 Å². The quantitative estimate of drug-likeness (QED) is 0.582. The predicted molar refractivity (Wildman–Crippen MR) is 79.1 cm³/mol. The highest BCUT2D eigenvalue weighted by molar-refractivity contribution is 7.98. The van der Waals surface area contributed by atoms with Crippen molar-refractivity contribution in [2.45, 2.75) is 32.0 Å². The van der Waals surface area contributed by atoms with Gasteiger partial charge in [0.1, 0.15) is 11.6 Å². The molecule has 3 N–H and O–H groups in total. The fourth-order valence-electron chi connectivity index (χ4n) is 1.78. The van der Waals surface area contributed by atoms with Crippen molar-refractivity contribution in [2.75, 3.05) is 36.9 Å². The molecule has 18 heavy (non-hydrogen) atoms. The highest BCUT2D eigenvalue weighted by Gasteiger charge is 2.09. The summed E-state index contributed by atoms with van der Waals surface area (Å²) in [5.41, 5.74) is 5.75. The molecule has 6 heteroatoms. The molecule has 0 aliphatic heterocycles. The molecule has 1 unspecified atom stereocenters. The molecule has 0 bridgehead atoms. The van der Waals surface area contributed by atoms with Gasteiger partial charge < -0.3 is 16.0 Å². The van der Waals surface area contributed by atoms with E-state index in [0.717, 1.165) is 25.5 Å². The maximum absolute atomic E-state index is 5.75. The summed E-state index contributed by atoms with van der Waals surface area (Å²) in [4.78, 5) is 10.9. The average molecular weight is 269 g/mol. The standard InChI is InChI=1S/C12H23N5S/c1-5-17(6-2)8-9(3)14-11-7-10(13)15-12(16-11)18-4/h7,9H,5-6,8H2,1-4H3,(H3,13,14,15,16). The second-order valence-electron chi connectivity index (χ2n) is 4.20. The van der Waals surface area contributed by atoms with E-state index in [0.29, 0.717) is 17.0 Å². The monoisotopic (exact) mass is 269 g/mol. The highest BCUT2D eigenvalue weighted by Crippen LogP contribution is 2.15. The molecule has 0 radical (unpaired) electrons. The first-order valence-corrected chi connectivity index (χ1v) is 7.48. The van der Waals surface area contributed by atoms with Gasteiger partial charge in [0.2, 0.25) is 0 Å². The van der Waals surface area contributed by atoms with Gasteiger partial charge in [-0.1, -0.05) is 25.6 Å². The Kier molecular flexibility index (Phi) is 6.21. The molecule has 0 spiro atoms. The van der Waals surface area contributed by atoms with Gasteiger partial charge in [0.05, 0.1) is 0 Å². The third kappa shape index (κ3) is 4.70. The number of anilines is 2. The number of nitrogen functional groups attached to an aromatic ring is 1. The topological polar surface area (TPSA) is 67.1 Å². The van der Waals surface area contributed by atoms with Crippen molar-refractivity contribution in [1.82, 2.24) is 14.9 Å². The van der Waals surface area contributed by atoms with Crippen LogP contribution in [-0.4, -0.2) is 46.8 Å². The second-order valence-corrected chi connectivity index (χ2v) is 4.97. The fourth-order valence-corrected chi connectivity index (χ4v) is 2.16. The van der Waals surface area contributed by atoms with Gasteiger partial charge in [0, 0.05) is 18.7 Å². The number of hydrogen-bond donors (Lipinski definition) is 2. The van der Waals surface area contributed by atoms with E-state index in [2.05, 4.69) is 41.0 Å². The molecular weight excluding hydrogens is 246 g/mol. The van der Waals surface area contributed by atoms with Gasteiger partial charge in [0.15, 0.2) is 5.16 Å². The van der Waals surface area contributed by atoms with Crippen LogP contribution >= 0.6 is 11.8 Å². The summed E-state index contributed by atoms with van der Waals surface area (Å²) in [6.45, 7) is 9.60. The maximum Gasteiger partial charge on any atom is 0.191 e. The normalized spacial score (nSPS) is 12.7. The lowest BCUT2D eigenvalue weighted by atomic mass is 10.3. The van der Waals surface area contributed by atoms with Crippen molar-refractivity contribution in [1.29, 1.82) is 0 Å². The highest BCUT2D eigenvalue weighted by atomic mass is 32.2. The summed E-state index contributed by atoms with van der Waals surface area (Å²) in [5, 5.41) is 4.07. The minimum Gasteiger partial charge on any atom is -0.383 e. The number of rotatable bonds is 7. The summed E-state index contributed by atoms with van der Waals surface area (Å²) in [5.74, 6) is 1.30. The Morgan fingerprint density at radius 1 is 1.39 bits per heavy atom. The minimum absolute atomic E-state index is 0.328. The van der Waals surface area contributed by atoms with E-state index in [1.807, 2.05) is 6.26 Å². The lowest BCUT2D eigenvalue weighted by Gasteiger charge is -2.23. The van der Waals surface area contributed by atoms with Crippen LogP contribution in [0.15, 0.2) is 11.2 Å². The Morgan fingerprint density at radius 2 is 2.06 bits per heavy atom. The van der Waals surface area contributed by atoms with Crippen molar-refractivity contribution in [3.05, 3.63) is 6.07 Å². The van der Waals surface area contributed by atoms with Gasteiger partial charge in [-0.25, -0.2) is 9.97 Å². The molecule has 102 valence electrons. The Bertz CT molecular complexity index is 367. The summed E-state index contributed by atoms with van der Waals surface area (Å²) < 4.78 is 0. The van der Waals surface area contributed by atoms with Crippen LogP contribution in [0.1, 0.15) is 20.8 Å². The zero-order valence-electron chi connectivity index (χ0n) is 11.6. The average Bonchev–Trinajstić information content (AvgIpc) is 2.35. The summed E-state index contributed by atoms with van der Waals surface area (Å²) in [7, 11) is 0. The Balaban J connectivity index is 2.63. The van der Waals surface area contributed by atoms with Crippen molar-refractivity contribution in [3.63, 3.8) is 0 Å². The van der Waals surface area contributed by atoms with Crippen LogP contribution in [0.3, 0.4) is 0 Å². The van der Waals surface area contributed by atoms with Gasteiger partial charge in [-0.15, -0.1) is 0 Å². The maximum atomic E-state index is 5.75. The van der Waals surface area contributed by atoms with E-state index >= 15 is 0 Å². The largest absolute Gasteiger partial charge is 0.383 e. The first-order chi connectivity index (χ1) is 8.58. The van der Waals surface area contributed by atoms with Crippen molar-refractivity contribution in [3.8, 4) is 0 Å². The number of aromatic nitrogens is 2. The SMILES string of the molecule is CCN(CC)CC(C)Nc1cc(N)nc(SC)n1. The molecule has 0 aromatic carbocycles. The molecule has 5 nitrogen and oxygen atoms in total. The smallest absolute Gasteiger partial charge is 0.191 e. The van der Waals surface area contributed by atoms with Crippen LogP contribution in [0.4, 0.5) is 11.6 Å². The molecule has 1 rings (SSSR count). The Labute approximate surface area is 114 Å². The third-order valence-electron chi connectivity index (χ3n) is 2.73. The molecule has 0 amide bonds. The van der Waals surface area contributed by atoms with Gasteiger partial charge in [0.25, 0.3) is 0 Å². The van der Waals surface area contributed by atoms with Crippen molar-refractivity contribution >= 4 is 23.4 Å². The number of likely N-dealkylation sites (N-methyl/N-ethyl adjacent to an activating group) is 1. The van der Waals surface area contributed by atoms with Crippen LogP contribution in [-0.2, 0) is 0 Å². The Hall–Kier alpha value is -1.01. The number of nitrogens with zero attached hydrogens (tertiary/aromatic N) is 3. The molecule has 0 aliphatic carbocycles. The fraction of sp³-hybridized carbons (Fsp3) is 0.667. The zero-order valence-corrected chi connectivity index (χ0v) is 12.4. The molecule has 0 fully saturated rings. The van der Waals surface area contributed by atoms with E-state index in [1.54, 1.807) is 6.07 Å². The molecule has 0 saturated heterocycles. The Morgan fingerprint density at radius 3 is 2.61 bits per heavy atom. The van der Waals surface area contributed by atoms with E-state index in [4.69, 9.17) is 5.73 Å².